The summed E-state index contributed by atoms with van der Waals surface area (Å²) in [7, 11) is 0. The van der Waals surface area contributed by atoms with Gasteiger partial charge in [-0.25, -0.2) is 0 Å². The molecule has 42 heteroatoms. The molecule has 0 radical (unpaired) electrons. The third kappa shape index (κ3) is 17.0. The van der Waals surface area contributed by atoms with E-state index in [1.54, 1.807) is 0 Å². The lowest BCUT2D eigenvalue weighted by Crippen LogP contribution is -2.72. The molecule has 8 aliphatic heterocycles. The Kier molecular flexibility index (Phi) is 27.7. The summed E-state index contributed by atoms with van der Waals surface area (Å²) in [6.45, 7) is -0.786. The first-order valence-electron chi connectivity index (χ1n) is 30.8. The van der Waals surface area contributed by atoms with Crippen molar-refractivity contribution in [3.63, 3.8) is 0 Å². The zero-order chi connectivity index (χ0) is 70.8. The maximum absolute atomic E-state index is 13.5. The molecule has 8 rings (SSSR count). The number of nitrogens with one attached hydrogen (secondary N) is 3. The second-order valence-electron chi connectivity index (χ2n) is 24.6. The Hall–Kier alpha value is -3.03. The van der Waals surface area contributed by atoms with Gasteiger partial charge < -0.3 is 194 Å². The van der Waals surface area contributed by atoms with Crippen molar-refractivity contribution in [1.29, 1.82) is 0 Å². The van der Waals surface area contributed by atoms with Crippen molar-refractivity contribution in [3.8, 4) is 0 Å². The van der Waals surface area contributed by atoms with E-state index in [1.807, 2.05) is 0 Å². The highest BCUT2D eigenvalue weighted by atomic mass is 16.8. The molecule has 0 aromatic rings. The highest BCUT2D eigenvalue weighted by molar-refractivity contribution is 5.74. The minimum Gasteiger partial charge on any atom is -0.394 e. The van der Waals surface area contributed by atoms with Crippen molar-refractivity contribution < 1.29 is 193 Å². The number of ether oxygens (including phenoxy) is 15. The molecular weight excluding hydrogens is 1310 g/mol. The SMILES string of the molecule is CC(=O)N[C@H]1[C@H](OC[C@H]2O[C@@H](O[C@H]3[C@@H](O)[C@@H](CO)OC(O)[C@@H]3NC(C)=O)[C@H](O)[C@@H](O[C@@H]3O[C@H](CO)[C@@H](O[C@@H]4O[C@H](CO)[C@H](O)[C@H](O)[C@H]4O[C@@H]4O[C@@H](C)[C@@H](O)[C@@H](O)[C@@H]4O)[C@H](O[C@@H]4O[C@@H](C)[C@@H](O)[C@@H](O)[C@@H]4O)[C@H]3NC(C)=O)[C@H]2O)O[C@H](CO)[C@@H](O[C@@H]2O[C@H](CO)[C@H](O)[C@H](O)[C@H]2O)[C@@H]1O. The fourth-order valence-electron chi connectivity index (χ4n) is 12.5. The number of carbonyl (C=O) groups excluding carboxylic acids is 3. The number of hydrogen-bond donors (Lipinski definition) is 24. The lowest BCUT2D eigenvalue weighted by molar-refractivity contribution is -0.401. The number of carbonyl (C=O) groups is 3. The summed E-state index contributed by atoms with van der Waals surface area (Å²) in [6.07, 6.45) is -72.8. The molecule has 40 atom stereocenters. The van der Waals surface area contributed by atoms with Gasteiger partial charge in [0.25, 0.3) is 0 Å². The van der Waals surface area contributed by atoms with Gasteiger partial charge in [0, 0.05) is 20.8 Å². The van der Waals surface area contributed by atoms with Gasteiger partial charge in [0.1, 0.15) is 183 Å². The van der Waals surface area contributed by atoms with Gasteiger partial charge in [-0.2, -0.15) is 0 Å². The summed E-state index contributed by atoms with van der Waals surface area (Å²) >= 11 is 0. The highest BCUT2D eigenvalue weighted by Gasteiger charge is 2.60. The fourth-order valence-corrected chi connectivity index (χ4v) is 12.5. The van der Waals surface area contributed by atoms with Crippen LogP contribution in [0.5, 0.6) is 0 Å². The van der Waals surface area contributed by atoms with E-state index in [-0.39, 0.29) is 0 Å². The lowest BCUT2D eigenvalue weighted by Gasteiger charge is -2.52. The fraction of sp³-hybridized carbons (Fsp3) is 0.944. The Morgan fingerprint density at radius 3 is 1.19 bits per heavy atom. The third-order valence-electron chi connectivity index (χ3n) is 17.8. The smallest absolute Gasteiger partial charge is 0.217 e. The molecule has 0 aromatic carbocycles. The van der Waals surface area contributed by atoms with Gasteiger partial charge in [-0.1, -0.05) is 0 Å². The molecule has 24 N–H and O–H groups in total. The first kappa shape index (κ1) is 78.7. The van der Waals surface area contributed by atoms with Gasteiger partial charge in [-0.05, 0) is 13.8 Å². The van der Waals surface area contributed by atoms with Crippen molar-refractivity contribution in [3.05, 3.63) is 0 Å². The van der Waals surface area contributed by atoms with Gasteiger partial charge in [0.05, 0.1) is 51.8 Å². The quantitative estimate of drug-likeness (QED) is 0.0452. The van der Waals surface area contributed by atoms with Crippen LogP contribution < -0.4 is 16.0 Å². The van der Waals surface area contributed by atoms with Crippen molar-refractivity contribution in [2.45, 2.75) is 280 Å². The Bertz CT molecular complexity index is 2470. The van der Waals surface area contributed by atoms with E-state index in [9.17, 15) is 122 Å². The largest absolute Gasteiger partial charge is 0.394 e. The maximum Gasteiger partial charge on any atom is 0.217 e. The van der Waals surface area contributed by atoms with E-state index in [2.05, 4.69) is 16.0 Å². The summed E-state index contributed by atoms with van der Waals surface area (Å²) in [6, 6.07) is -5.55. The molecule has 96 heavy (non-hydrogen) atoms. The van der Waals surface area contributed by atoms with E-state index in [1.165, 1.54) is 13.8 Å². The van der Waals surface area contributed by atoms with Crippen LogP contribution in [-0.2, 0) is 85.4 Å². The van der Waals surface area contributed by atoms with Crippen LogP contribution in [0, 0.1) is 0 Å². The summed E-state index contributed by atoms with van der Waals surface area (Å²) in [5, 5.41) is 238. The number of aliphatic hydroxyl groups is 21. The van der Waals surface area contributed by atoms with Gasteiger partial charge >= 0.3 is 0 Å². The molecule has 0 spiro atoms. The molecule has 0 bridgehead atoms. The van der Waals surface area contributed by atoms with Crippen LogP contribution in [0.2, 0.25) is 0 Å². The Balaban J connectivity index is 1.16. The zero-order valence-corrected chi connectivity index (χ0v) is 52.1. The first-order valence-corrected chi connectivity index (χ1v) is 30.8. The summed E-state index contributed by atoms with van der Waals surface area (Å²) in [5.41, 5.74) is 0. The maximum atomic E-state index is 13.5. The minimum absolute atomic E-state index is 0.848. The van der Waals surface area contributed by atoms with Crippen LogP contribution in [-0.4, -0.2) is 410 Å². The molecule has 0 aromatic heterocycles. The average Bonchev–Trinajstić information content (AvgIpc) is 0.772. The molecular formula is C54H91N3O39. The van der Waals surface area contributed by atoms with Crippen molar-refractivity contribution in [1.82, 2.24) is 16.0 Å². The summed E-state index contributed by atoms with van der Waals surface area (Å²) in [5.74, 6) is -2.70. The Morgan fingerprint density at radius 2 is 0.656 bits per heavy atom. The minimum atomic E-state index is -2.44. The Morgan fingerprint density at radius 1 is 0.292 bits per heavy atom. The lowest BCUT2D eigenvalue weighted by atomic mass is 9.93. The second-order valence-corrected chi connectivity index (χ2v) is 24.6. The van der Waals surface area contributed by atoms with Gasteiger partial charge in [-0.3, -0.25) is 14.4 Å². The van der Waals surface area contributed by atoms with E-state index >= 15 is 0 Å². The van der Waals surface area contributed by atoms with Crippen LogP contribution in [0.1, 0.15) is 34.6 Å². The molecule has 8 aliphatic rings. The van der Waals surface area contributed by atoms with Gasteiger partial charge in [0.15, 0.2) is 50.3 Å². The van der Waals surface area contributed by atoms with E-state index in [0.29, 0.717) is 0 Å². The summed E-state index contributed by atoms with van der Waals surface area (Å²) < 4.78 is 89.2. The molecule has 0 aliphatic carbocycles. The molecule has 3 amide bonds. The molecule has 556 valence electrons. The number of hydrogen-bond acceptors (Lipinski definition) is 39. The van der Waals surface area contributed by atoms with E-state index in [0.717, 1.165) is 20.8 Å². The molecule has 8 fully saturated rings. The van der Waals surface area contributed by atoms with Gasteiger partial charge in [0.2, 0.25) is 17.7 Å². The number of amides is 3. The normalized spacial score (nSPS) is 50.3. The van der Waals surface area contributed by atoms with Crippen LogP contribution in [0.25, 0.3) is 0 Å². The summed E-state index contributed by atoms with van der Waals surface area (Å²) in [4.78, 5) is 38.8. The first-order chi connectivity index (χ1) is 45.3. The topological polar surface area (TPSA) is 651 Å². The molecule has 0 saturated carbocycles. The predicted octanol–water partition coefficient (Wildman–Crippen LogP) is -16.0. The van der Waals surface area contributed by atoms with E-state index < -0.39 is 303 Å². The molecule has 8 heterocycles. The van der Waals surface area contributed by atoms with Crippen molar-refractivity contribution >= 4 is 17.7 Å². The molecule has 1 unspecified atom stereocenters. The molecule has 8 saturated heterocycles. The standard InChI is InChI=1S/C54H91N3O39/c1-12-26(66)33(73)37(77)50(83-12)94-44-25(57-16(5)65)49(89-21(10-62)42(44)92-54-46(36(76)29(69)18(7-59)87-54)96-51-38(78)34(74)27(67)13(2)84-51)95-45-31(71)22(90-53(40(45)80)93-43-24(56-15(4)64)47(81)85-19(8-60)30(43)70)11-82-48-23(55-14(3)63)32(72)41(20(9-61)88-48)91-52-39(79)35(75)28(68)17(6-58)86-52/h12-13,17-54,58-62,66-81H,6-11H2,1-5H3,(H,55,63)(H,56,64)(H,57,65)/t12-,13-,17+,18+,19+,20+,21+,22+,23+,24+,25+,26+,27+,28-,29-,30-,31-,32+,33+,34+,35-,36-,37-,38-,39+,40+,41+,42+,43+,44+,45-,46+,47?,48+,49-,50-,51-,52-,53-,54-/m0/s1. The van der Waals surface area contributed by atoms with Crippen LogP contribution in [0.4, 0.5) is 0 Å². The van der Waals surface area contributed by atoms with Crippen molar-refractivity contribution in [2.24, 2.45) is 0 Å². The average molecular weight is 1410 g/mol. The predicted molar refractivity (Wildman–Crippen MR) is 296 cm³/mol. The van der Waals surface area contributed by atoms with Crippen LogP contribution in [0.3, 0.4) is 0 Å². The van der Waals surface area contributed by atoms with Crippen molar-refractivity contribution in [2.75, 3.05) is 39.6 Å². The van der Waals surface area contributed by atoms with Gasteiger partial charge in [-0.15, -0.1) is 0 Å². The number of rotatable bonds is 23. The number of aliphatic hydroxyl groups excluding tert-OH is 21. The monoisotopic (exact) mass is 1410 g/mol. The van der Waals surface area contributed by atoms with Crippen LogP contribution >= 0.6 is 0 Å². The highest BCUT2D eigenvalue weighted by Crippen LogP contribution is 2.39. The van der Waals surface area contributed by atoms with Crippen LogP contribution in [0.15, 0.2) is 0 Å². The molecule has 42 nitrogen and oxygen atoms in total. The third-order valence-corrected chi connectivity index (χ3v) is 17.8. The van der Waals surface area contributed by atoms with E-state index in [4.69, 9.17) is 71.1 Å². The Labute approximate surface area is 545 Å². The zero-order valence-electron chi connectivity index (χ0n) is 52.1. The second kappa shape index (κ2) is 33.8.